The van der Waals surface area contributed by atoms with Crippen LogP contribution in [0.25, 0.3) is 0 Å². The lowest BCUT2D eigenvalue weighted by Crippen LogP contribution is -2.04. The first-order valence-electron chi connectivity index (χ1n) is 3.19. The summed E-state index contributed by atoms with van der Waals surface area (Å²) in [5.41, 5.74) is 0.734. The second-order valence-electron chi connectivity index (χ2n) is 2.05. The molecule has 4 nitrogen and oxygen atoms in total. The Morgan fingerprint density at radius 3 is 3.09 bits per heavy atom. The fraction of sp³-hybridized carbons (Fsp3) is 0.143. The van der Waals surface area contributed by atoms with Crippen molar-refractivity contribution >= 4 is 6.21 Å². The highest BCUT2D eigenvalue weighted by molar-refractivity contribution is 5.66. The molecule has 1 aromatic heterocycles. The van der Waals surface area contributed by atoms with Crippen molar-refractivity contribution in [3.63, 3.8) is 0 Å². The van der Waals surface area contributed by atoms with E-state index >= 15 is 0 Å². The maximum absolute atomic E-state index is 5.17. The molecule has 2 heterocycles. The second-order valence-corrected chi connectivity index (χ2v) is 2.05. The Morgan fingerprint density at radius 1 is 1.45 bits per heavy atom. The van der Waals surface area contributed by atoms with Gasteiger partial charge in [0.25, 0.3) is 0 Å². The first kappa shape index (κ1) is 6.15. The standard InChI is InChI=1S/C7H6N2O2/c1-2-11-7(3-8-1)6-4-10-5-9-6/h1-5,7H. The smallest absolute Gasteiger partial charge is 0.180 e. The predicted molar refractivity (Wildman–Crippen MR) is 38.0 cm³/mol. The first-order chi connectivity index (χ1) is 5.47. The molecule has 0 bridgehead atoms. The monoisotopic (exact) mass is 150 g/mol. The summed E-state index contributed by atoms with van der Waals surface area (Å²) in [7, 11) is 0. The van der Waals surface area contributed by atoms with E-state index in [1.54, 1.807) is 12.4 Å². The third-order valence-electron chi connectivity index (χ3n) is 1.34. The maximum atomic E-state index is 5.17. The number of hydrogen-bond donors (Lipinski definition) is 0. The molecule has 0 N–H and O–H groups in total. The molecule has 56 valence electrons. The van der Waals surface area contributed by atoms with Crippen LogP contribution in [0.4, 0.5) is 0 Å². The molecule has 1 atom stereocenters. The highest BCUT2D eigenvalue weighted by Gasteiger charge is 2.12. The molecule has 11 heavy (non-hydrogen) atoms. The highest BCUT2D eigenvalue weighted by atomic mass is 16.5. The third kappa shape index (κ3) is 1.14. The molecule has 1 aliphatic rings. The van der Waals surface area contributed by atoms with E-state index in [0.29, 0.717) is 0 Å². The molecule has 0 spiro atoms. The number of hydrogen-bond acceptors (Lipinski definition) is 4. The largest absolute Gasteiger partial charge is 0.484 e. The van der Waals surface area contributed by atoms with Crippen LogP contribution in [0.1, 0.15) is 11.8 Å². The van der Waals surface area contributed by atoms with E-state index in [-0.39, 0.29) is 6.10 Å². The molecule has 0 saturated carbocycles. The molecule has 1 aliphatic heterocycles. The normalized spacial score (nSPS) is 21.6. The summed E-state index contributed by atoms with van der Waals surface area (Å²) in [5.74, 6) is 0. The molecule has 2 rings (SSSR count). The molecule has 0 amide bonds. The van der Waals surface area contributed by atoms with Crippen molar-refractivity contribution in [2.24, 2.45) is 4.99 Å². The quantitative estimate of drug-likeness (QED) is 0.606. The van der Waals surface area contributed by atoms with Gasteiger partial charge in [-0.2, -0.15) is 0 Å². The van der Waals surface area contributed by atoms with Gasteiger partial charge in [-0.25, -0.2) is 4.98 Å². The zero-order chi connectivity index (χ0) is 7.52. The Bertz CT molecular complexity index is 277. The number of aromatic nitrogens is 1. The Hall–Kier alpha value is -1.58. The van der Waals surface area contributed by atoms with E-state index in [9.17, 15) is 0 Å². The van der Waals surface area contributed by atoms with Gasteiger partial charge in [0.15, 0.2) is 12.5 Å². The van der Waals surface area contributed by atoms with Crippen LogP contribution >= 0.6 is 0 Å². The summed E-state index contributed by atoms with van der Waals surface area (Å²) in [4.78, 5) is 7.83. The number of oxazole rings is 1. The summed E-state index contributed by atoms with van der Waals surface area (Å²) in [5, 5.41) is 0. The van der Waals surface area contributed by atoms with E-state index in [1.165, 1.54) is 18.9 Å². The summed E-state index contributed by atoms with van der Waals surface area (Å²) in [6, 6.07) is 0. The van der Waals surface area contributed by atoms with Crippen molar-refractivity contribution in [1.82, 2.24) is 4.98 Å². The van der Waals surface area contributed by atoms with Crippen LogP contribution in [0.5, 0.6) is 0 Å². The van der Waals surface area contributed by atoms with E-state index < -0.39 is 0 Å². The molecule has 0 aliphatic carbocycles. The minimum Gasteiger partial charge on any atom is -0.484 e. The summed E-state index contributed by atoms with van der Waals surface area (Å²) in [6.07, 6.45) is 7.48. The van der Waals surface area contributed by atoms with Crippen molar-refractivity contribution < 1.29 is 9.15 Å². The lowest BCUT2D eigenvalue weighted by atomic mass is 10.3. The van der Waals surface area contributed by atoms with Crippen LogP contribution in [-0.4, -0.2) is 11.2 Å². The van der Waals surface area contributed by atoms with Gasteiger partial charge >= 0.3 is 0 Å². The van der Waals surface area contributed by atoms with Crippen LogP contribution in [0.15, 0.2) is 34.5 Å². The number of rotatable bonds is 1. The molecule has 0 radical (unpaired) electrons. The van der Waals surface area contributed by atoms with Crippen LogP contribution in [0.2, 0.25) is 0 Å². The molecule has 0 aromatic carbocycles. The number of nitrogens with zero attached hydrogens (tertiary/aromatic N) is 2. The summed E-state index contributed by atoms with van der Waals surface area (Å²) >= 11 is 0. The van der Waals surface area contributed by atoms with Gasteiger partial charge in [0.05, 0.1) is 12.4 Å². The number of aliphatic imine (C=N–C) groups is 1. The van der Waals surface area contributed by atoms with Crippen molar-refractivity contribution in [2.45, 2.75) is 6.10 Å². The van der Waals surface area contributed by atoms with Crippen molar-refractivity contribution in [3.05, 3.63) is 30.8 Å². The maximum Gasteiger partial charge on any atom is 0.180 e. The van der Waals surface area contributed by atoms with Gasteiger partial charge in [0.1, 0.15) is 18.2 Å². The average molecular weight is 150 g/mol. The lowest BCUT2D eigenvalue weighted by molar-refractivity contribution is 0.202. The summed E-state index contributed by atoms with van der Waals surface area (Å²) in [6.45, 7) is 0. The van der Waals surface area contributed by atoms with Gasteiger partial charge < -0.3 is 9.15 Å². The Labute approximate surface area is 63.2 Å². The van der Waals surface area contributed by atoms with E-state index in [2.05, 4.69) is 9.98 Å². The highest BCUT2D eigenvalue weighted by Crippen LogP contribution is 2.15. The van der Waals surface area contributed by atoms with Gasteiger partial charge in [0, 0.05) is 0 Å². The fourth-order valence-electron chi connectivity index (χ4n) is 0.826. The van der Waals surface area contributed by atoms with Crippen LogP contribution in [0, 0.1) is 0 Å². The van der Waals surface area contributed by atoms with E-state index in [0.717, 1.165) is 5.69 Å². The lowest BCUT2D eigenvalue weighted by Gasteiger charge is -2.09. The molecular formula is C7H6N2O2. The summed E-state index contributed by atoms with van der Waals surface area (Å²) < 4.78 is 9.96. The molecular weight excluding hydrogens is 144 g/mol. The van der Waals surface area contributed by atoms with E-state index in [1.807, 2.05) is 0 Å². The zero-order valence-electron chi connectivity index (χ0n) is 5.68. The third-order valence-corrected chi connectivity index (χ3v) is 1.34. The zero-order valence-corrected chi connectivity index (χ0v) is 5.68. The van der Waals surface area contributed by atoms with Crippen LogP contribution < -0.4 is 0 Å². The molecule has 1 unspecified atom stereocenters. The minimum absolute atomic E-state index is 0.196. The van der Waals surface area contributed by atoms with Gasteiger partial charge in [0.2, 0.25) is 0 Å². The van der Waals surface area contributed by atoms with Crippen molar-refractivity contribution in [3.8, 4) is 0 Å². The Kier molecular flexibility index (Phi) is 1.44. The average Bonchev–Trinajstić information content (AvgIpc) is 2.58. The van der Waals surface area contributed by atoms with Crippen LogP contribution in [0.3, 0.4) is 0 Å². The second kappa shape index (κ2) is 2.57. The minimum atomic E-state index is -0.196. The molecule has 0 saturated heterocycles. The predicted octanol–water partition coefficient (Wildman–Crippen LogP) is 1.29. The van der Waals surface area contributed by atoms with Gasteiger partial charge in [-0.1, -0.05) is 0 Å². The number of ether oxygens (including phenoxy) is 1. The molecule has 0 fully saturated rings. The van der Waals surface area contributed by atoms with Gasteiger partial charge in [-0.15, -0.1) is 0 Å². The first-order valence-corrected chi connectivity index (χ1v) is 3.19. The molecule has 4 heteroatoms. The topological polar surface area (TPSA) is 47.6 Å². The SMILES string of the molecule is C1=COC(c2cocn2)C=N1. The van der Waals surface area contributed by atoms with E-state index in [4.69, 9.17) is 9.15 Å². The van der Waals surface area contributed by atoms with Crippen molar-refractivity contribution in [2.75, 3.05) is 0 Å². The Balaban J connectivity index is 2.19. The van der Waals surface area contributed by atoms with Crippen LogP contribution in [-0.2, 0) is 4.74 Å². The Morgan fingerprint density at radius 2 is 2.45 bits per heavy atom. The van der Waals surface area contributed by atoms with Gasteiger partial charge in [-0.05, 0) is 0 Å². The van der Waals surface area contributed by atoms with Crippen molar-refractivity contribution in [1.29, 1.82) is 0 Å². The molecule has 1 aromatic rings. The fourth-order valence-corrected chi connectivity index (χ4v) is 0.826. The van der Waals surface area contributed by atoms with Gasteiger partial charge in [-0.3, -0.25) is 4.99 Å².